The fraction of sp³-hybridized carbons (Fsp3) is 0.500. The molecule has 0 unspecified atom stereocenters. The summed E-state index contributed by atoms with van der Waals surface area (Å²) >= 11 is 0. The van der Waals surface area contributed by atoms with Gasteiger partial charge in [-0.2, -0.15) is 0 Å². The zero-order valence-electron chi connectivity index (χ0n) is 10.2. The number of ether oxygens (including phenoxy) is 1. The van der Waals surface area contributed by atoms with Crippen molar-refractivity contribution in [1.29, 1.82) is 0 Å². The summed E-state index contributed by atoms with van der Waals surface area (Å²) in [4.78, 5) is 24.7. The van der Waals surface area contributed by atoms with Crippen LogP contribution in [0.5, 0.6) is 5.88 Å². The average molecular weight is 266 g/mol. The van der Waals surface area contributed by atoms with Crippen molar-refractivity contribution < 1.29 is 19.6 Å². The second-order valence-corrected chi connectivity index (χ2v) is 4.57. The Balaban J connectivity index is 2.14. The lowest BCUT2D eigenvalue weighted by Gasteiger charge is -2.11. The van der Waals surface area contributed by atoms with Crippen LogP contribution in [0.2, 0.25) is 0 Å². The molecule has 1 aliphatic carbocycles. The van der Waals surface area contributed by atoms with Crippen molar-refractivity contribution in [2.75, 3.05) is 6.61 Å². The van der Waals surface area contributed by atoms with E-state index in [2.05, 4.69) is 4.98 Å². The Morgan fingerprint density at radius 1 is 1.53 bits per heavy atom. The SMILES string of the molecule is O=C(O)c1cc([N+](=O)[O-])cnc1OCC1CCCC1. The fourth-order valence-electron chi connectivity index (χ4n) is 2.18. The van der Waals surface area contributed by atoms with Crippen LogP contribution >= 0.6 is 0 Å². The van der Waals surface area contributed by atoms with Crippen LogP contribution < -0.4 is 4.74 Å². The molecule has 19 heavy (non-hydrogen) atoms. The van der Waals surface area contributed by atoms with Crippen LogP contribution in [-0.4, -0.2) is 27.6 Å². The van der Waals surface area contributed by atoms with E-state index in [-0.39, 0.29) is 17.1 Å². The van der Waals surface area contributed by atoms with Gasteiger partial charge in [-0.05, 0) is 18.8 Å². The summed E-state index contributed by atoms with van der Waals surface area (Å²) < 4.78 is 5.40. The standard InChI is InChI=1S/C12H14N2O5/c15-12(16)10-5-9(14(17)18)6-13-11(10)19-7-8-3-1-2-4-8/h5-6,8H,1-4,7H2,(H,15,16). The summed E-state index contributed by atoms with van der Waals surface area (Å²) in [5, 5.41) is 19.6. The van der Waals surface area contributed by atoms with Crippen molar-refractivity contribution in [3.8, 4) is 5.88 Å². The highest BCUT2D eigenvalue weighted by molar-refractivity contribution is 5.90. The van der Waals surface area contributed by atoms with Crippen LogP contribution in [0.3, 0.4) is 0 Å². The van der Waals surface area contributed by atoms with Crippen LogP contribution in [0.1, 0.15) is 36.0 Å². The lowest BCUT2D eigenvalue weighted by atomic mass is 10.1. The molecule has 0 bridgehead atoms. The number of aromatic nitrogens is 1. The minimum atomic E-state index is -1.28. The molecule has 1 aromatic heterocycles. The van der Waals surface area contributed by atoms with E-state index in [1.54, 1.807) is 0 Å². The fourth-order valence-corrected chi connectivity index (χ4v) is 2.18. The second-order valence-electron chi connectivity index (χ2n) is 4.57. The molecule has 7 heteroatoms. The van der Waals surface area contributed by atoms with Crippen molar-refractivity contribution >= 4 is 11.7 Å². The van der Waals surface area contributed by atoms with Gasteiger partial charge >= 0.3 is 5.97 Å². The van der Waals surface area contributed by atoms with Crippen LogP contribution in [0.25, 0.3) is 0 Å². The monoisotopic (exact) mass is 266 g/mol. The first-order valence-electron chi connectivity index (χ1n) is 6.08. The molecule has 0 saturated heterocycles. The molecule has 1 heterocycles. The third kappa shape index (κ3) is 3.18. The van der Waals surface area contributed by atoms with Crippen LogP contribution in [-0.2, 0) is 0 Å². The Morgan fingerprint density at radius 3 is 2.79 bits per heavy atom. The average Bonchev–Trinajstić information content (AvgIpc) is 2.89. The van der Waals surface area contributed by atoms with Crippen molar-refractivity contribution in [2.24, 2.45) is 5.92 Å². The minimum absolute atomic E-state index is 0.0509. The summed E-state index contributed by atoms with van der Waals surface area (Å²) in [6.07, 6.45) is 5.46. The zero-order valence-corrected chi connectivity index (χ0v) is 10.2. The van der Waals surface area contributed by atoms with E-state index in [9.17, 15) is 14.9 Å². The molecule has 1 saturated carbocycles. The predicted molar refractivity (Wildman–Crippen MR) is 65.3 cm³/mol. The van der Waals surface area contributed by atoms with Crippen LogP contribution in [0, 0.1) is 16.0 Å². The Hall–Kier alpha value is -2.18. The van der Waals surface area contributed by atoms with Gasteiger partial charge in [0.15, 0.2) is 0 Å². The quantitative estimate of drug-likeness (QED) is 0.647. The number of hydrogen-bond donors (Lipinski definition) is 1. The molecule has 0 amide bonds. The van der Waals surface area contributed by atoms with E-state index >= 15 is 0 Å². The lowest BCUT2D eigenvalue weighted by Crippen LogP contribution is -2.12. The largest absolute Gasteiger partial charge is 0.477 e. The first kappa shape index (κ1) is 13.3. The third-order valence-electron chi connectivity index (χ3n) is 3.21. The Labute approximate surface area is 109 Å². The molecule has 1 aromatic rings. The smallest absolute Gasteiger partial charge is 0.341 e. The Morgan fingerprint density at radius 2 is 2.21 bits per heavy atom. The van der Waals surface area contributed by atoms with Crippen LogP contribution in [0.4, 0.5) is 5.69 Å². The summed E-state index contributed by atoms with van der Waals surface area (Å²) in [5.41, 5.74) is -0.627. The molecular formula is C12H14N2O5. The molecule has 0 atom stereocenters. The molecule has 0 radical (unpaired) electrons. The topological polar surface area (TPSA) is 103 Å². The van der Waals surface area contributed by atoms with E-state index in [0.717, 1.165) is 37.9 Å². The summed E-state index contributed by atoms with van der Waals surface area (Å²) in [6.45, 7) is 0.408. The lowest BCUT2D eigenvalue weighted by molar-refractivity contribution is -0.385. The van der Waals surface area contributed by atoms with Gasteiger partial charge in [0.05, 0.1) is 11.5 Å². The van der Waals surface area contributed by atoms with Crippen molar-refractivity contribution in [3.05, 3.63) is 27.9 Å². The molecule has 2 rings (SSSR count). The first-order chi connectivity index (χ1) is 9.08. The van der Waals surface area contributed by atoms with E-state index in [1.807, 2.05) is 0 Å². The van der Waals surface area contributed by atoms with Gasteiger partial charge in [-0.15, -0.1) is 0 Å². The van der Waals surface area contributed by atoms with Gasteiger partial charge in [0.25, 0.3) is 5.69 Å². The van der Waals surface area contributed by atoms with Gasteiger partial charge in [0.2, 0.25) is 5.88 Å². The van der Waals surface area contributed by atoms with Crippen LogP contribution in [0.15, 0.2) is 12.3 Å². The highest BCUT2D eigenvalue weighted by Gasteiger charge is 2.21. The molecular weight excluding hydrogens is 252 g/mol. The number of nitro groups is 1. The number of rotatable bonds is 5. The molecule has 0 aliphatic heterocycles. The maximum absolute atomic E-state index is 11.1. The van der Waals surface area contributed by atoms with E-state index in [1.165, 1.54) is 0 Å². The van der Waals surface area contributed by atoms with Crippen molar-refractivity contribution in [1.82, 2.24) is 4.98 Å². The molecule has 1 fully saturated rings. The van der Waals surface area contributed by atoms with Crippen molar-refractivity contribution in [2.45, 2.75) is 25.7 Å². The first-order valence-corrected chi connectivity index (χ1v) is 6.08. The third-order valence-corrected chi connectivity index (χ3v) is 3.21. The summed E-state index contributed by atoms with van der Waals surface area (Å²) in [6, 6.07) is 0.972. The molecule has 0 spiro atoms. The highest BCUT2D eigenvalue weighted by atomic mass is 16.6. The number of nitrogens with zero attached hydrogens (tertiary/aromatic N) is 2. The predicted octanol–water partition coefficient (Wildman–Crippen LogP) is 2.26. The summed E-state index contributed by atoms with van der Waals surface area (Å²) in [5.74, 6) is -0.916. The Bertz CT molecular complexity index is 497. The van der Waals surface area contributed by atoms with E-state index in [4.69, 9.17) is 9.84 Å². The summed E-state index contributed by atoms with van der Waals surface area (Å²) in [7, 11) is 0. The van der Waals surface area contributed by atoms with E-state index < -0.39 is 10.9 Å². The highest BCUT2D eigenvalue weighted by Crippen LogP contribution is 2.27. The number of carboxylic acid groups (broad SMARTS) is 1. The normalized spacial score (nSPS) is 15.4. The number of carbonyl (C=O) groups is 1. The molecule has 0 aromatic carbocycles. The maximum Gasteiger partial charge on any atom is 0.341 e. The number of carboxylic acids is 1. The van der Waals surface area contributed by atoms with Gasteiger partial charge in [0, 0.05) is 6.07 Å². The van der Waals surface area contributed by atoms with E-state index in [0.29, 0.717) is 12.5 Å². The van der Waals surface area contributed by atoms with Gasteiger partial charge in [0.1, 0.15) is 11.8 Å². The molecule has 102 valence electrons. The maximum atomic E-state index is 11.1. The molecule has 1 N–H and O–H groups in total. The second kappa shape index (κ2) is 5.64. The van der Waals surface area contributed by atoms with Gasteiger partial charge < -0.3 is 9.84 Å². The number of hydrogen-bond acceptors (Lipinski definition) is 5. The van der Waals surface area contributed by atoms with Gasteiger partial charge in [-0.3, -0.25) is 10.1 Å². The zero-order chi connectivity index (χ0) is 13.8. The van der Waals surface area contributed by atoms with Gasteiger partial charge in [-0.1, -0.05) is 12.8 Å². The molecule has 7 nitrogen and oxygen atoms in total. The minimum Gasteiger partial charge on any atom is -0.477 e. The van der Waals surface area contributed by atoms with Crippen molar-refractivity contribution in [3.63, 3.8) is 0 Å². The van der Waals surface area contributed by atoms with Gasteiger partial charge in [-0.25, -0.2) is 9.78 Å². The number of pyridine rings is 1. The molecule has 1 aliphatic rings. The Kier molecular flexibility index (Phi) is 3.94. The number of aromatic carboxylic acids is 1.